The number of nitrogens with one attached hydrogen (secondary N) is 3. The molecular weight excluding hydrogens is 314 g/mol. The monoisotopic (exact) mass is 345 g/mol. The van der Waals surface area contributed by atoms with Crippen molar-refractivity contribution in [3.05, 3.63) is 29.3 Å². The molecule has 0 aliphatic heterocycles. The van der Waals surface area contributed by atoms with Gasteiger partial charge in [-0.05, 0) is 43.9 Å². The summed E-state index contributed by atoms with van der Waals surface area (Å²) in [6.45, 7) is 4.26. The number of aryl methyl sites for hydroxylation is 1. The lowest BCUT2D eigenvalue weighted by molar-refractivity contribution is -0.123. The number of rotatable bonds is 6. The Kier molecular flexibility index (Phi) is 7.92. The van der Waals surface area contributed by atoms with E-state index in [-0.39, 0.29) is 24.9 Å². The van der Waals surface area contributed by atoms with Crippen LogP contribution in [0.4, 0.5) is 5.69 Å². The number of amides is 2. The Morgan fingerprint density at radius 1 is 0.960 bits per heavy atom. The van der Waals surface area contributed by atoms with Crippen LogP contribution in [0.25, 0.3) is 0 Å². The first-order valence-electron chi connectivity index (χ1n) is 9.42. The highest BCUT2D eigenvalue weighted by molar-refractivity contribution is 5.95. The van der Waals surface area contributed by atoms with Crippen molar-refractivity contribution >= 4 is 17.5 Å². The van der Waals surface area contributed by atoms with Gasteiger partial charge >= 0.3 is 0 Å². The molecule has 0 heterocycles. The molecular formula is C20H31N3O2. The lowest BCUT2D eigenvalue weighted by atomic mass is 9.97. The van der Waals surface area contributed by atoms with Gasteiger partial charge in [0.05, 0.1) is 13.1 Å². The average Bonchev–Trinajstić information content (AvgIpc) is 2.56. The van der Waals surface area contributed by atoms with Crippen molar-refractivity contribution < 1.29 is 9.59 Å². The summed E-state index contributed by atoms with van der Waals surface area (Å²) in [5.74, 6) is -0.328. The first kappa shape index (κ1) is 19.4. The van der Waals surface area contributed by atoms with Gasteiger partial charge in [-0.2, -0.15) is 0 Å². The van der Waals surface area contributed by atoms with E-state index in [1.54, 1.807) is 0 Å². The molecule has 5 heteroatoms. The highest BCUT2D eigenvalue weighted by atomic mass is 16.2. The van der Waals surface area contributed by atoms with Crippen LogP contribution in [-0.4, -0.2) is 30.9 Å². The van der Waals surface area contributed by atoms with Gasteiger partial charge in [0.1, 0.15) is 0 Å². The van der Waals surface area contributed by atoms with Crippen LogP contribution < -0.4 is 16.0 Å². The molecule has 0 aromatic heterocycles. The summed E-state index contributed by atoms with van der Waals surface area (Å²) in [5, 5.41) is 8.88. The smallest absolute Gasteiger partial charge is 0.243 e. The van der Waals surface area contributed by atoms with Crippen LogP contribution in [0.1, 0.15) is 56.1 Å². The van der Waals surface area contributed by atoms with Crippen LogP contribution in [0, 0.1) is 13.8 Å². The van der Waals surface area contributed by atoms with Crippen LogP contribution in [-0.2, 0) is 9.59 Å². The maximum Gasteiger partial charge on any atom is 0.243 e. The molecule has 25 heavy (non-hydrogen) atoms. The fraction of sp³-hybridized carbons (Fsp3) is 0.600. The molecule has 1 saturated carbocycles. The summed E-state index contributed by atoms with van der Waals surface area (Å²) in [6.07, 6.45) is 8.67. The van der Waals surface area contributed by atoms with E-state index in [0.717, 1.165) is 29.7 Å². The molecule has 2 amide bonds. The molecule has 138 valence electrons. The van der Waals surface area contributed by atoms with Gasteiger partial charge in [0.25, 0.3) is 0 Å². The minimum atomic E-state index is -0.201. The Morgan fingerprint density at radius 3 is 2.36 bits per heavy atom. The van der Waals surface area contributed by atoms with E-state index < -0.39 is 0 Å². The minimum Gasteiger partial charge on any atom is -0.346 e. The van der Waals surface area contributed by atoms with Gasteiger partial charge in [-0.1, -0.05) is 44.2 Å². The molecule has 1 aromatic rings. The Labute approximate surface area is 151 Å². The number of carbonyl (C=O) groups is 2. The molecule has 1 aliphatic carbocycles. The number of anilines is 1. The van der Waals surface area contributed by atoms with Crippen LogP contribution in [0.2, 0.25) is 0 Å². The Bertz CT molecular complexity index is 578. The van der Waals surface area contributed by atoms with E-state index >= 15 is 0 Å². The third-order valence-electron chi connectivity index (χ3n) is 4.98. The largest absolute Gasteiger partial charge is 0.346 e. The first-order chi connectivity index (χ1) is 12.1. The second-order valence-corrected chi connectivity index (χ2v) is 7.00. The lowest BCUT2D eigenvalue weighted by Crippen LogP contribution is -2.42. The van der Waals surface area contributed by atoms with Crippen LogP contribution in [0.15, 0.2) is 18.2 Å². The second-order valence-electron chi connectivity index (χ2n) is 7.00. The number of hydrogen-bond donors (Lipinski definition) is 3. The first-order valence-corrected chi connectivity index (χ1v) is 9.42. The number of hydrogen-bond acceptors (Lipinski definition) is 3. The summed E-state index contributed by atoms with van der Waals surface area (Å²) in [6, 6.07) is 6.22. The quantitative estimate of drug-likeness (QED) is 0.742. The van der Waals surface area contributed by atoms with Crippen LogP contribution >= 0.6 is 0 Å². The predicted octanol–water partition coefficient (Wildman–Crippen LogP) is 3.06. The van der Waals surface area contributed by atoms with Crippen LogP contribution in [0.3, 0.4) is 0 Å². The molecule has 0 bridgehead atoms. The fourth-order valence-corrected chi connectivity index (χ4v) is 3.22. The zero-order valence-corrected chi connectivity index (χ0v) is 15.5. The Hall–Kier alpha value is -1.88. The van der Waals surface area contributed by atoms with Crippen LogP contribution in [0.5, 0.6) is 0 Å². The molecule has 2 rings (SSSR count). The zero-order chi connectivity index (χ0) is 18.1. The van der Waals surface area contributed by atoms with Crippen molar-refractivity contribution in [2.75, 3.05) is 18.4 Å². The molecule has 0 radical (unpaired) electrons. The lowest BCUT2D eigenvalue weighted by Gasteiger charge is -2.20. The molecule has 1 fully saturated rings. The van der Waals surface area contributed by atoms with Crippen molar-refractivity contribution in [3.8, 4) is 0 Å². The van der Waals surface area contributed by atoms with E-state index in [2.05, 4.69) is 16.0 Å². The third-order valence-corrected chi connectivity index (χ3v) is 4.98. The predicted molar refractivity (Wildman–Crippen MR) is 102 cm³/mol. The molecule has 0 saturated heterocycles. The average molecular weight is 345 g/mol. The highest BCUT2D eigenvalue weighted by Gasteiger charge is 2.13. The Morgan fingerprint density at radius 2 is 1.64 bits per heavy atom. The van der Waals surface area contributed by atoms with Crippen molar-refractivity contribution in [2.24, 2.45) is 0 Å². The normalized spacial score (nSPS) is 15.9. The molecule has 1 aliphatic rings. The molecule has 0 unspecified atom stereocenters. The Balaban J connectivity index is 1.68. The van der Waals surface area contributed by atoms with Crippen molar-refractivity contribution in [3.63, 3.8) is 0 Å². The molecule has 1 aromatic carbocycles. The summed E-state index contributed by atoms with van der Waals surface area (Å²) in [7, 11) is 0. The van der Waals surface area contributed by atoms with E-state index in [1.165, 1.54) is 32.1 Å². The van der Waals surface area contributed by atoms with Gasteiger partial charge in [0, 0.05) is 11.7 Å². The van der Waals surface area contributed by atoms with E-state index in [4.69, 9.17) is 0 Å². The van der Waals surface area contributed by atoms with Gasteiger partial charge in [-0.25, -0.2) is 0 Å². The molecule has 0 atom stereocenters. The van der Waals surface area contributed by atoms with E-state index in [9.17, 15) is 9.59 Å². The summed E-state index contributed by atoms with van der Waals surface area (Å²) < 4.78 is 0. The SMILES string of the molecule is Cc1cccc(NC(=O)CNC(=O)CNC2CCCCCCC2)c1C. The van der Waals surface area contributed by atoms with Gasteiger partial charge in [0.15, 0.2) is 0 Å². The standard InChI is InChI=1S/C20H31N3O2/c1-15-9-8-12-18(16(15)2)23-20(25)14-22-19(24)13-21-17-10-6-4-3-5-7-11-17/h8-9,12,17,21H,3-7,10-11,13-14H2,1-2H3,(H,22,24)(H,23,25). The second kappa shape index (κ2) is 10.2. The molecule has 5 nitrogen and oxygen atoms in total. The number of benzene rings is 1. The van der Waals surface area contributed by atoms with Gasteiger partial charge < -0.3 is 16.0 Å². The van der Waals surface area contributed by atoms with E-state index in [0.29, 0.717) is 6.04 Å². The summed E-state index contributed by atoms with van der Waals surface area (Å²) in [5.41, 5.74) is 2.98. The molecule has 0 spiro atoms. The van der Waals surface area contributed by atoms with Crippen molar-refractivity contribution in [1.82, 2.24) is 10.6 Å². The topological polar surface area (TPSA) is 70.2 Å². The van der Waals surface area contributed by atoms with E-state index in [1.807, 2.05) is 32.0 Å². The van der Waals surface area contributed by atoms with Gasteiger partial charge in [0.2, 0.25) is 11.8 Å². The summed E-state index contributed by atoms with van der Waals surface area (Å²) >= 11 is 0. The van der Waals surface area contributed by atoms with Gasteiger partial charge in [-0.15, -0.1) is 0 Å². The van der Waals surface area contributed by atoms with Crippen molar-refractivity contribution in [1.29, 1.82) is 0 Å². The summed E-state index contributed by atoms with van der Waals surface area (Å²) in [4.78, 5) is 24.0. The molecule has 3 N–H and O–H groups in total. The zero-order valence-electron chi connectivity index (χ0n) is 15.5. The fourth-order valence-electron chi connectivity index (χ4n) is 3.22. The minimum absolute atomic E-state index is 0.00143. The maximum absolute atomic E-state index is 12.0. The highest BCUT2D eigenvalue weighted by Crippen LogP contribution is 2.18. The number of carbonyl (C=O) groups excluding carboxylic acids is 2. The third kappa shape index (κ3) is 6.86. The maximum atomic E-state index is 12.0. The van der Waals surface area contributed by atoms with Crippen molar-refractivity contribution in [2.45, 2.75) is 64.8 Å². The van der Waals surface area contributed by atoms with Gasteiger partial charge in [-0.3, -0.25) is 9.59 Å².